The Balaban J connectivity index is 1.76. The van der Waals surface area contributed by atoms with Crippen LogP contribution in [-0.4, -0.2) is 20.5 Å². The van der Waals surface area contributed by atoms with Crippen molar-refractivity contribution in [3.05, 3.63) is 23.5 Å². The average molecular weight is 342 g/mol. The lowest BCUT2D eigenvalue weighted by molar-refractivity contribution is -0.116. The van der Waals surface area contributed by atoms with Crippen LogP contribution < -0.4 is 5.32 Å². The standard InChI is InChI=1S/C20H30N4O/c1-14-12-21-19-17(20(2,3)4)18(23-24(19)13-14)22-16(25)11-10-15-8-6-5-7-9-15/h12-13,15H,5-11H2,1-4H3,(H,22,23,25). The zero-order valence-electron chi connectivity index (χ0n) is 15.9. The fourth-order valence-electron chi connectivity index (χ4n) is 3.81. The second kappa shape index (κ2) is 7.14. The topological polar surface area (TPSA) is 59.3 Å². The maximum Gasteiger partial charge on any atom is 0.225 e. The van der Waals surface area contributed by atoms with Crippen LogP contribution in [0.1, 0.15) is 76.8 Å². The minimum atomic E-state index is -0.143. The van der Waals surface area contributed by atoms with Gasteiger partial charge in [0.25, 0.3) is 0 Å². The molecule has 0 radical (unpaired) electrons. The molecule has 2 heterocycles. The van der Waals surface area contributed by atoms with E-state index in [1.165, 1.54) is 32.1 Å². The Morgan fingerprint density at radius 1 is 1.28 bits per heavy atom. The van der Waals surface area contributed by atoms with Crippen molar-refractivity contribution in [1.82, 2.24) is 14.6 Å². The van der Waals surface area contributed by atoms with Gasteiger partial charge in [-0.15, -0.1) is 5.10 Å². The molecule has 1 amide bonds. The number of aromatic nitrogens is 3. The van der Waals surface area contributed by atoms with Crippen molar-refractivity contribution in [3.8, 4) is 0 Å². The number of carbonyl (C=O) groups is 1. The van der Waals surface area contributed by atoms with Gasteiger partial charge in [0.2, 0.25) is 5.91 Å². The van der Waals surface area contributed by atoms with Gasteiger partial charge in [-0.3, -0.25) is 4.79 Å². The predicted molar refractivity (Wildman–Crippen MR) is 101 cm³/mol. The molecule has 3 rings (SSSR count). The van der Waals surface area contributed by atoms with E-state index in [9.17, 15) is 4.79 Å². The van der Waals surface area contributed by atoms with Crippen molar-refractivity contribution in [2.24, 2.45) is 5.92 Å². The number of hydrogen-bond acceptors (Lipinski definition) is 3. The van der Waals surface area contributed by atoms with Crippen LogP contribution in [0.25, 0.3) is 5.65 Å². The van der Waals surface area contributed by atoms with E-state index >= 15 is 0 Å². The lowest BCUT2D eigenvalue weighted by Gasteiger charge is -2.21. The zero-order valence-corrected chi connectivity index (χ0v) is 15.9. The molecule has 1 fully saturated rings. The van der Waals surface area contributed by atoms with Gasteiger partial charge in [0.15, 0.2) is 11.5 Å². The summed E-state index contributed by atoms with van der Waals surface area (Å²) in [5.74, 6) is 1.43. The highest BCUT2D eigenvalue weighted by Crippen LogP contribution is 2.33. The largest absolute Gasteiger partial charge is 0.309 e. The Morgan fingerprint density at radius 3 is 2.68 bits per heavy atom. The lowest BCUT2D eigenvalue weighted by Crippen LogP contribution is -2.19. The first-order valence-electron chi connectivity index (χ1n) is 9.50. The van der Waals surface area contributed by atoms with Crippen molar-refractivity contribution >= 4 is 17.4 Å². The quantitative estimate of drug-likeness (QED) is 0.881. The SMILES string of the molecule is Cc1cnc2c(C(C)(C)C)c(NC(=O)CCC3CCCCC3)nn2c1. The molecule has 5 nitrogen and oxygen atoms in total. The van der Waals surface area contributed by atoms with Gasteiger partial charge in [-0.1, -0.05) is 52.9 Å². The van der Waals surface area contributed by atoms with Crippen LogP contribution in [0.2, 0.25) is 0 Å². The molecular weight excluding hydrogens is 312 g/mol. The summed E-state index contributed by atoms with van der Waals surface area (Å²) in [4.78, 5) is 17.0. The summed E-state index contributed by atoms with van der Waals surface area (Å²) in [5.41, 5.74) is 2.72. The summed E-state index contributed by atoms with van der Waals surface area (Å²) in [6.07, 6.45) is 11.9. The summed E-state index contributed by atoms with van der Waals surface area (Å²) in [6, 6.07) is 0. The number of nitrogens with zero attached hydrogens (tertiary/aromatic N) is 3. The van der Waals surface area contributed by atoms with E-state index in [-0.39, 0.29) is 11.3 Å². The molecule has 0 aromatic carbocycles. The summed E-state index contributed by atoms with van der Waals surface area (Å²) in [7, 11) is 0. The molecule has 1 aliphatic carbocycles. The van der Waals surface area contributed by atoms with Crippen LogP contribution >= 0.6 is 0 Å². The molecule has 1 N–H and O–H groups in total. The number of nitrogens with one attached hydrogen (secondary N) is 1. The van der Waals surface area contributed by atoms with Crippen LogP contribution in [0.4, 0.5) is 5.82 Å². The van der Waals surface area contributed by atoms with Crippen LogP contribution in [0, 0.1) is 12.8 Å². The van der Waals surface area contributed by atoms with Crippen LogP contribution in [0.15, 0.2) is 12.4 Å². The normalized spacial score (nSPS) is 16.3. The minimum Gasteiger partial charge on any atom is -0.309 e. The number of hydrogen-bond donors (Lipinski definition) is 1. The van der Waals surface area contributed by atoms with Gasteiger partial charge in [-0.2, -0.15) is 0 Å². The molecule has 1 aliphatic rings. The molecule has 2 aromatic heterocycles. The number of amides is 1. The van der Waals surface area contributed by atoms with Gasteiger partial charge in [-0.25, -0.2) is 9.50 Å². The predicted octanol–water partition coefficient (Wildman–Crippen LogP) is 4.63. The van der Waals surface area contributed by atoms with E-state index in [0.717, 1.165) is 23.2 Å². The van der Waals surface area contributed by atoms with Gasteiger partial charge < -0.3 is 5.32 Å². The van der Waals surface area contributed by atoms with Crippen molar-refractivity contribution < 1.29 is 4.79 Å². The van der Waals surface area contributed by atoms with Crippen LogP contribution in [0.5, 0.6) is 0 Å². The van der Waals surface area contributed by atoms with E-state index in [4.69, 9.17) is 0 Å². The molecule has 25 heavy (non-hydrogen) atoms. The van der Waals surface area contributed by atoms with Crippen molar-refractivity contribution in [1.29, 1.82) is 0 Å². The Kier molecular flexibility index (Phi) is 5.11. The van der Waals surface area contributed by atoms with Gasteiger partial charge in [0.05, 0.1) is 0 Å². The molecule has 136 valence electrons. The first-order valence-corrected chi connectivity index (χ1v) is 9.50. The zero-order chi connectivity index (χ0) is 18.0. The van der Waals surface area contributed by atoms with Gasteiger partial charge in [0.1, 0.15) is 0 Å². The Hall–Kier alpha value is -1.91. The molecule has 0 spiro atoms. The molecule has 1 saturated carbocycles. The first-order chi connectivity index (χ1) is 11.8. The van der Waals surface area contributed by atoms with E-state index in [1.54, 1.807) is 4.52 Å². The summed E-state index contributed by atoms with van der Waals surface area (Å²) in [5, 5.41) is 7.65. The van der Waals surface area contributed by atoms with Crippen LogP contribution in [0.3, 0.4) is 0 Å². The fraction of sp³-hybridized carbons (Fsp3) is 0.650. The Labute approximate surface area is 150 Å². The third-order valence-corrected chi connectivity index (χ3v) is 5.11. The highest BCUT2D eigenvalue weighted by atomic mass is 16.1. The number of anilines is 1. The van der Waals surface area contributed by atoms with E-state index in [2.05, 4.69) is 36.2 Å². The van der Waals surface area contributed by atoms with E-state index in [1.807, 2.05) is 19.3 Å². The Bertz CT molecular complexity index is 751. The Morgan fingerprint density at radius 2 is 2.00 bits per heavy atom. The summed E-state index contributed by atoms with van der Waals surface area (Å²) < 4.78 is 1.78. The molecule has 0 unspecified atom stereocenters. The average Bonchev–Trinajstić information content (AvgIpc) is 2.90. The van der Waals surface area contributed by atoms with Gasteiger partial charge in [-0.05, 0) is 30.2 Å². The molecular formula is C20H30N4O. The lowest BCUT2D eigenvalue weighted by atomic mass is 9.86. The van der Waals surface area contributed by atoms with Crippen molar-refractivity contribution in [2.45, 2.75) is 78.1 Å². The number of carbonyl (C=O) groups excluding carboxylic acids is 1. The highest BCUT2D eigenvalue weighted by Gasteiger charge is 2.27. The molecule has 0 atom stereocenters. The molecule has 5 heteroatoms. The molecule has 0 bridgehead atoms. The van der Waals surface area contributed by atoms with E-state index in [0.29, 0.717) is 18.2 Å². The highest BCUT2D eigenvalue weighted by molar-refractivity contribution is 5.91. The van der Waals surface area contributed by atoms with Crippen molar-refractivity contribution in [3.63, 3.8) is 0 Å². The van der Waals surface area contributed by atoms with Crippen LogP contribution in [-0.2, 0) is 10.2 Å². The monoisotopic (exact) mass is 342 g/mol. The smallest absolute Gasteiger partial charge is 0.225 e. The first kappa shape index (κ1) is 17.9. The van der Waals surface area contributed by atoms with E-state index < -0.39 is 0 Å². The molecule has 2 aromatic rings. The summed E-state index contributed by atoms with van der Waals surface area (Å²) >= 11 is 0. The maximum atomic E-state index is 12.5. The number of fused-ring (bicyclic) bond motifs is 1. The second-order valence-corrected chi connectivity index (χ2v) is 8.46. The maximum absolute atomic E-state index is 12.5. The number of aryl methyl sites for hydroxylation is 1. The van der Waals surface area contributed by atoms with Crippen molar-refractivity contribution in [2.75, 3.05) is 5.32 Å². The van der Waals surface area contributed by atoms with Gasteiger partial charge in [0, 0.05) is 24.4 Å². The summed E-state index contributed by atoms with van der Waals surface area (Å²) in [6.45, 7) is 8.38. The molecule has 0 saturated heterocycles. The number of rotatable bonds is 4. The third-order valence-electron chi connectivity index (χ3n) is 5.11. The molecule has 0 aliphatic heterocycles. The second-order valence-electron chi connectivity index (χ2n) is 8.46. The fourth-order valence-corrected chi connectivity index (χ4v) is 3.81. The third kappa shape index (κ3) is 4.20. The minimum absolute atomic E-state index is 0.0659. The van der Waals surface area contributed by atoms with Gasteiger partial charge >= 0.3 is 0 Å².